The summed E-state index contributed by atoms with van der Waals surface area (Å²) in [7, 11) is -2.42. The monoisotopic (exact) mass is 832 g/mol. The quantitative estimate of drug-likeness (QED) is 0.136. The molecular formula is C37H28ClF7N8O3S. The van der Waals surface area contributed by atoms with Crippen molar-refractivity contribution in [2.45, 2.75) is 42.8 Å². The summed E-state index contributed by atoms with van der Waals surface area (Å²) in [5.41, 5.74) is 3.23. The molecule has 8 rings (SSSR count). The molecule has 3 N–H and O–H groups in total. The third-order valence-corrected chi connectivity index (χ3v) is 11.1. The molecule has 4 atom stereocenters. The molecule has 0 spiro atoms. The van der Waals surface area contributed by atoms with Gasteiger partial charge in [-0.2, -0.15) is 32.1 Å². The standard InChI is InChI=1S/C37H28ClF7N8O3S/c1-52-30-20(6-8-24(38)28(30)35(50-52)51-57(2,55)56)19-7-9-26(25-5-3-4-10-47-25)48-29(19)22(13-16-11-17(39)14-18(40)12-16)31(34(46)54)53-33-27(32(49-53)37(43,44)45)21-15-23(21)36(33,41)42/h3-12,14,21-23,31H,13,15H2,1-2H3,(H2,46,54)(H,50,51)/t21-,22+,23+,31?/m0/s1. The number of pyridine rings is 2. The van der Waals surface area contributed by atoms with Crippen LogP contribution in [0.5, 0.6) is 0 Å². The van der Waals surface area contributed by atoms with Gasteiger partial charge in [-0.05, 0) is 60.7 Å². The number of halogens is 8. The number of carbonyl (C=O) groups excluding carboxylic acids is 1. The molecule has 0 aliphatic heterocycles. The molecule has 0 bridgehead atoms. The summed E-state index contributed by atoms with van der Waals surface area (Å²) >= 11 is 6.60. The molecule has 1 fully saturated rings. The molecule has 296 valence electrons. The maximum Gasteiger partial charge on any atom is 0.435 e. The van der Waals surface area contributed by atoms with Gasteiger partial charge >= 0.3 is 6.18 Å². The second-order valence-corrected chi connectivity index (χ2v) is 16.2. The largest absolute Gasteiger partial charge is 0.435 e. The van der Waals surface area contributed by atoms with Gasteiger partial charge in [0, 0.05) is 47.8 Å². The summed E-state index contributed by atoms with van der Waals surface area (Å²) in [4.78, 5) is 23.0. The second kappa shape index (κ2) is 13.3. The number of nitrogens with zero attached hydrogens (tertiary/aromatic N) is 6. The Balaban J connectivity index is 1.45. The van der Waals surface area contributed by atoms with Gasteiger partial charge < -0.3 is 5.73 Å². The van der Waals surface area contributed by atoms with Crippen LogP contribution in [0.2, 0.25) is 5.02 Å². The molecule has 1 amide bonds. The number of aryl methyl sites for hydroxylation is 1. The van der Waals surface area contributed by atoms with Crippen molar-refractivity contribution in [1.82, 2.24) is 29.5 Å². The first-order valence-electron chi connectivity index (χ1n) is 17.1. The smallest absolute Gasteiger partial charge is 0.368 e. The number of anilines is 1. The van der Waals surface area contributed by atoms with E-state index in [-0.39, 0.29) is 61.9 Å². The number of fused-ring (bicyclic) bond motifs is 4. The number of hydrogen-bond donors (Lipinski definition) is 2. The summed E-state index contributed by atoms with van der Waals surface area (Å²) in [5, 5.41) is 8.12. The molecule has 2 aromatic carbocycles. The number of benzene rings is 2. The molecule has 6 aromatic rings. The number of amides is 1. The second-order valence-electron chi connectivity index (χ2n) is 14.1. The number of carbonyl (C=O) groups is 1. The van der Waals surface area contributed by atoms with Crippen LogP contribution in [0, 0.1) is 17.6 Å². The van der Waals surface area contributed by atoms with Crippen molar-refractivity contribution in [3.8, 4) is 22.5 Å². The third-order valence-electron chi connectivity index (χ3n) is 10.2. The van der Waals surface area contributed by atoms with Crippen LogP contribution in [0.4, 0.5) is 36.6 Å². The van der Waals surface area contributed by atoms with E-state index in [1.807, 2.05) is 0 Å². The summed E-state index contributed by atoms with van der Waals surface area (Å²) in [5.74, 6) is -11.8. The van der Waals surface area contributed by atoms with Crippen LogP contribution in [0.1, 0.15) is 52.5 Å². The lowest BCUT2D eigenvalue weighted by Gasteiger charge is -2.30. The average molecular weight is 833 g/mol. The Morgan fingerprint density at radius 1 is 1.04 bits per heavy atom. The molecular weight excluding hydrogens is 805 g/mol. The van der Waals surface area contributed by atoms with E-state index < -0.39 is 86.8 Å². The van der Waals surface area contributed by atoms with Gasteiger partial charge in [0.05, 0.1) is 39.3 Å². The van der Waals surface area contributed by atoms with Gasteiger partial charge in [0.25, 0.3) is 5.92 Å². The highest BCUT2D eigenvalue weighted by atomic mass is 35.5. The van der Waals surface area contributed by atoms with E-state index in [9.17, 15) is 35.2 Å². The fourth-order valence-electron chi connectivity index (χ4n) is 7.95. The van der Waals surface area contributed by atoms with E-state index in [4.69, 9.17) is 22.3 Å². The van der Waals surface area contributed by atoms with Crippen molar-refractivity contribution in [2.24, 2.45) is 18.7 Å². The highest BCUT2D eigenvalue weighted by Gasteiger charge is 2.69. The van der Waals surface area contributed by atoms with Gasteiger partial charge in [-0.25, -0.2) is 21.9 Å². The van der Waals surface area contributed by atoms with Crippen molar-refractivity contribution in [2.75, 3.05) is 11.0 Å². The van der Waals surface area contributed by atoms with Crippen LogP contribution >= 0.6 is 11.6 Å². The first-order valence-corrected chi connectivity index (χ1v) is 19.4. The number of hydrogen-bond acceptors (Lipinski definition) is 7. The van der Waals surface area contributed by atoms with Gasteiger partial charge in [0.2, 0.25) is 15.9 Å². The van der Waals surface area contributed by atoms with E-state index in [1.54, 1.807) is 18.2 Å². The van der Waals surface area contributed by atoms with E-state index in [0.717, 1.165) is 18.4 Å². The predicted molar refractivity (Wildman–Crippen MR) is 194 cm³/mol. The number of nitrogens with one attached hydrogen (secondary N) is 1. The maximum atomic E-state index is 16.1. The molecule has 0 radical (unpaired) electrons. The Labute approximate surface area is 323 Å². The van der Waals surface area contributed by atoms with Gasteiger partial charge in [-0.3, -0.25) is 24.2 Å². The molecule has 2 aliphatic carbocycles. The number of aromatic nitrogens is 6. The van der Waals surface area contributed by atoms with E-state index in [2.05, 4.69) is 19.9 Å². The summed E-state index contributed by atoms with van der Waals surface area (Å²) in [6.07, 6.45) is -3.67. The zero-order valence-corrected chi connectivity index (χ0v) is 31.1. The van der Waals surface area contributed by atoms with Crippen molar-refractivity contribution in [3.05, 3.63) is 112 Å². The SMILES string of the molecule is Cn1nc(NS(C)(=O)=O)c2c(Cl)ccc(-c3ccc(-c4ccccn4)nc3[C@@H](Cc3cc(F)cc(F)c3)C(C(N)=O)n3nc(C(F)(F)F)c4c3C(F)(F)[C@@H]3C[C@H]43)c21. The summed E-state index contributed by atoms with van der Waals surface area (Å²) < 4.78 is 134. The van der Waals surface area contributed by atoms with Crippen molar-refractivity contribution in [3.63, 3.8) is 0 Å². The Bertz CT molecular complexity index is 2720. The molecule has 4 aromatic heterocycles. The predicted octanol–water partition coefficient (Wildman–Crippen LogP) is 7.48. The van der Waals surface area contributed by atoms with E-state index >= 15 is 8.78 Å². The fraction of sp³-hybridized carbons (Fsp3) is 0.270. The lowest BCUT2D eigenvalue weighted by molar-refractivity contribution is -0.142. The van der Waals surface area contributed by atoms with Crippen LogP contribution in [0.3, 0.4) is 0 Å². The Kier molecular flexibility index (Phi) is 8.91. The van der Waals surface area contributed by atoms with E-state index in [0.29, 0.717) is 10.7 Å². The van der Waals surface area contributed by atoms with Crippen LogP contribution < -0.4 is 10.5 Å². The van der Waals surface area contributed by atoms with E-state index in [1.165, 1.54) is 42.2 Å². The number of primary amides is 1. The van der Waals surface area contributed by atoms with Crippen LogP contribution in [-0.2, 0) is 40.4 Å². The lowest BCUT2D eigenvalue weighted by Crippen LogP contribution is -2.37. The minimum Gasteiger partial charge on any atom is -0.368 e. The third kappa shape index (κ3) is 6.65. The number of rotatable bonds is 10. The highest BCUT2D eigenvalue weighted by molar-refractivity contribution is 7.92. The average Bonchev–Trinajstić information content (AvgIpc) is 3.64. The summed E-state index contributed by atoms with van der Waals surface area (Å²) in [6.45, 7) is 0. The van der Waals surface area contributed by atoms with Crippen molar-refractivity contribution >= 4 is 44.3 Å². The minimum atomic E-state index is -5.21. The van der Waals surface area contributed by atoms with Crippen molar-refractivity contribution in [1.29, 1.82) is 0 Å². The molecule has 11 nitrogen and oxygen atoms in total. The van der Waals surface area contributed by atoms with Gasteiger partial charge in [0.1, 0.15) is 23.4 Å². The van der Waals surface area contributed by atoms with Gasteiger partial charge in [-0.15, -0.1) is 0 Å². The van der Waals surface area contributed by atoms with Gasteiger partial charge in [0.15, 0.2) is 11.5 Å². The van der Waals surface area contributed by atoms with Crippen LogP contribution in [0.25, 0.3) is 33.4 Å². The number of nitrogens with two attached hydrogens (primary N) is 1. The van der Waals surface area contributed by atoms with Crippen molar-refractivity contribution < 1.29 is 43.9 Å². The zero-order chi connectivity index (χ0) is 40.9. The van der Waals surface area contributed by atoms with Gasteiger partial charge in [-0.1, -0.05) is 29.8 Å². The lowest BCUT2D eigenvalue weighted by atomic mass is 9.83. The minimum absolute atomic E-state index is 0.0574. The molecule has 1 saturated carbocycles. The Morgan fingerprint density at radius 2 is 1.74 bits per heavy atom. The number of alkyl halides is 5. The normalized spacial score (nSPS) is 18.3. The molecule has 20 heteroatoms. The molecule has 2 aliphatic rings. The Morgan fingerprint density at radius 3 is 2.37 bits per heavy atom. The Hall–Kier alpha value is -5.56. The topological polar surface area (TPSA) is 151 Å². The van der Waals surface area contributed by atoms with Crippen LogP contribution in [-0.4, -0.2) is 50.1 Å². The summed E-state index contributed by atoms with van der Waals surface area (Å²) in [6, 6.07) is 11.1. The zero-order valence-electron chi connectivity index (χ0n) is 29.5. The first kappa shape index (κ1) is 38.3. The molecule has 0 saturated heterocycles. The molecule has 57 heavy (non-hydrogen) atoms. The maximum absolute atomic E-state index is 16.1. The van der Waals surface area contributed by atoms with Crippen LogP contribution in [0.15, 0.2) is 66.9 Å². The molecule has 4 heterocycles. The highest BCUT2D eigenvalue weighted by Crippen LogP contribution is 2.69. The fourth-order valence-corrected chi connectivity index (χ4v) is 8.68. The number of sulfonamides is 1. The first-order chi connectivity index (χ1) is 26.7. The molecule has 1 unspecified atom stereocenters.